The van der Waals surface area contributed by atoms with Gasteiger partial charge in [0.25, 0.3) is 0 Å². The molecule has 0 amide bonds. The number of nitrogens with one attached hydrogen (secondary N) is 2. The Bertz CT molecular complexity index is 365. The van der Waals surface area contributed by atoms with Crippen LogP contribution in [-0.4, -0.2) is 45.0 Å². The molecule has 2 fully saturated rings. The van der Waals surface area contributed by atoms with Crippen LogP contribution in [0.5, 0.6) is 0 Å². The highest BCUT2D eigenvalue weighted by atomic mass is 32.2. The summed E-state index contributed by atoms with van der Waals surface area (Å²) in [6.07, 6.45) is 3.61. The highest BCUT2D eigenvalue weighted by Crippen LogP contribution is 2.32. The van der Waals surface area contributed by atoms with Crippen LogP contribution in [0.25, 0.3) is 0 Å². The molecule has 1 spiro atoms. The topological polar surface area (TPSA) is 67.4 Å². The lowest BCUT2D eigenvalue weighted by Gasteiger charge is -2.43. The summed E-state index contributed by atoms with van der Waals surface area (Å²) in [5.41, 5.74) is -0.0436. The zero-order chi connectivity index (χ0) is 13.2. The Kier molecular flexibility index (Phi) is 4.31. The van der Waals surface area contributed by atoms with Gasteiger partial charge in [-0.15, -0.1) is 0 Å². The van der Waals surface area contributed by atoms with Gasteiger partial charge in [0.15, 0.2) is 0 Å². The van der Waals surface area contributed by atoms with Crippen molar-refractivity contribution in [3.05, 3.63) is 0 Å². The van der Waals surface area contributed by atoms with Crippen LogP contribution in [0.2, 0.25) is 0 Å². The van der Waals surface area contributed by atoms with Crippen molar-refractivity contribution in [1.82, 2.24) is 10.0 Å². The summed E-state index contributed by atoms with van der Waals surface area (Å²) in [5, 5.41) is 3.00. The number of hydrogen-bond acceptors (Lipinski definition) is 4. The van der Waals surface area contributed by atoms with Gasteiger partial charge < -0.3 is 10.1 Å². The molecule has 6 heteroatoms. The van der Waals surface area contributed by atoms with E-state index in [4.69, 9.17) is 4.74 Å². The summed E-state index contributed by atoms with van der Waals surface area (Å²) in [6.45, 7) is 6.01. The first kappa shape index (κ1) is 14.2. The van der Waals surface area contributed by atoms with E-state index in [-0.39, 0.29) is 16.9 Å². The quantitative estimate of drug-likeness (QED) is 0.793. The Balaban J connectivity index is 1.87. The zero-order valence-corrected chi connectivity index (χ0v) is 12.1. The standard InChI is InChI=1S/C12H24N2O3S/c1-10(2)18(15,16)14-11-3-5-12(6-4-11)9-13-7-8-17-12/h10-11,13-14H,3-9H2,1-2H3. The van der Waals surface area contributed by atoms with Gasteiger partial charge in [-0.3, -0.25) is 0 Å². The fourth-order valence-corrected chi connectivity index (χ4v) is 3.63. The van der Waals surface area contributed by atoms with E-state index in [2.05, 4.69) is 10.0 Å². The molecule has 1 saturated heterocycles. The molecule has 0 aromatic rings. The van der Waals surface area contributed by atoms with Gasteiger partial charge in [-0.05, 0) is 39.5 Å². The van der Waals surface area contributed by atoms with Crippen LogP contribution in [0.3, 0.4) is 0 Å². The summed E-state index contributed by atoms with van der Waals surface area (Å²) < 4.78 is 32.3. The fourth-order valence-electron chi connectivity index (χ4n) is 2.66. The van der Waals surface area contributed by atoms with Crippen LogP contribution in [0.4, 0.5) is 0 Å². The fraction of sp³-hybridized carbons (Fsp3) is 1.00. The Morgan fingerprint density at radius 2 is 2.00 bits per heavy atom. The largest absolute Gasteiger partial charge is 0.372 e. The molecule has 2 aliphatic rings. The highest BCUT2D eigenvalue weighted by molar-refractivity contribution is 7.90. The van der Waals surface area contributed by atoms with Crippen LogP contribution in [-0.2, 0) is 14.8 Å². The molecule has 2 rings (SSSR count). The van der Waals surface area contributed by atoms with Crippen LogP contribution in [0.1, 0.15) is 39.5 Å². The van der Waals surface area contributed by atoms with Gasteiger partial charge >= 0.3 is 0 Å². The Labute approximate surface area is 110 Å². The predicted octanol–water partition coefficient (Wildman–Crippen LogP) is 0.615. The van der Waals surface area contributed by atoms with Crippen molar-refractivity contribution in [3.63, 3.8) is 0 Å². The monoisotopic (exact) mass is 276 g/mol. The maximum absolute atomic E-state index is 11.8. The Morgan fingerprint density at radius 3 is 2.50 bits per heavy atom. The Morgan fingerprint density at radius 1 is 1.33 bits per heavy atom. The first-order valence-electron chi connectivity index (χ1n) is 6.79. The number of ether oxygens (including phenoxy) is 1. The molecule has 1 aliphatic heterocycles. The first-order valence-corrected chi connectivity index (χ1v) is 8.34. The number of sulfonamides is 1. The lowest BCUT2D eigenvalue weighted by molar-refractivity contribution is -0.0903. The molecule has 5 nitrogen and oxygen atoms in total. The third-order valence-corrected chi connectivity index (χ3v) is 5.89. The summed E-state index contributed by atoms with van der Waals surface area (Å²) in [4.78, 5) is 0. The van der Waals surface area contributed by atoms with Gasteiger partial charge in [-0.1, -0.05) is 0 Å². The van der Waals surface area contributed by atoms with E-state index < -0.39 is 10.0 Å². The average Bonchev–Trinajstić information content (AvgIpc) is 2.33. The van der Waals surface area contributed by atoms with Gasteiger partial charge in [0.1, 0.15) is 0 Å². The van der Waals surface area contributed by atoms with E-state index in [0.717, 1.165) is 45.4 Å². The molecule has 0 unspecified atom stereocenters. The molecule has 2 N–H and O–H groups in total. The van der Waals surface area contributed by atoms with Crippen molar-refractivity contribution in [2.75, 3.05) is 19.7 Å². The lowest BCUT2D eigenvalue weighted by atomic mass is 9.81. The van der Waals surface area contributed by atoms with E-state index in [1.54, 1.807) is 13.8 Å². The molecule has 18 heavy (non-hydrogen) atoms. The molecule has 1 saturated carbocycles. The molecule has 0 aromatic carbocycles. The number of rotatable bonds is 3. The van der Waals surface area contributed by atoms with Crippen molar-refractivity contribution in [1.29, 1.82) is 0 Å². The third kappa shape index (κ3) is 3.23. The van der Waals surface area contributed by atoms with Crippen molar-refractivity contribution in [2.45, 2.75) is 56.4 Å². The molecule has 0 bridgehead atoms. The SMILES string of the molecule is CC(C)S(=O)(=O)NC1CCC2(CC1)CNCCO2. The minimum Gasteiger partial charge on any atom is -0.372 e. The highest BCUT2D eigenvalue weighted by Gasteiger charge is 2.38. The minimum absolute atomic E-state index is 0.0436. The molecule has 0 atom stereocenters. The van der Waals surface area contributed by atoms with Gasteiger partial charge in [0.05, 0.1) is 17.5 Å². The molecular formula is C12H24N2O3S. The summed E-state index contributed by atoms with van der Waals surface area (Å²) in [6, 6.07) is 0.0774. The molecule has 1 heterocycles. The van der Waals surface area contributed by atoms with E-state index in [1.165, 1.54) is 0 Å². The van der Waals surface area contributed by atoms with Crippen molar-refractivity contribution >= 4 is 10.0 Å². The molecule has 106 valence electrons. The van der Waals surface area contributed by atoms with Gasteiger partial charge in [-0.2, -0.15) is 0 Å². The van der Waals surface area contributed by atoms with Crippen LogP contribution < -0.4 is 10.0 Å². The van der Waals surface area contributed by atoms with Crippen LogP contribution >= 0.6 is 0 Å². The third-order valence-electron chi connectivity index (χ3n) is 3.98. The van der Waals surface area contributed by atoms with E-state index in [0.29, 0.717) is 0 Å². The first-order chi connectivity index (χ1) is 8.44. The van der Waals surface area contributed by atoms with Gasteiger partial charge in [0, 0.05) is 19.1 Å². The second-order valence-corrected chi connectivity index (χ2v) is 7.96. The van der Waals surface area contributed by atoms with Crippen LogP contribution in [0.15, 0.2) is 0 Å². The van der Waals surface area contributed by atoms with E-state index >= 15 is 0 Å². The van der Waals surface area contributed by atoms with Crippen LogP contribution in [0, 0.1) is 0 Å². The van der Waals surface area contributed by atoms with Gasteiger partial charge in [0.2, 0.25) is 10.0 Å². The van der Waals surface area contributed by atoms with Crippen molar-refractivity contribution in [2.24, 2.45) is 0 Å². The summed E-state index contributed by atoms with van der Waals surface area (Å²) in [7, 11) is -3.15. The second kappa shape index (κ2) is 5.45. The average molecular weight is 276 g/mol. The lowest BCUT2D eigenvalue weighted by Crippen LogP contribution is -2.54. The number of hydrogen-bond donors (Lipinski definition) is 2. The predicted molar refractivity (Wildman–Crippen MR) is 71.0 cm³/mol. The smallest absolute Gasteiger partial charge is 0.214 e. The minimum atomic E-state index is -3.15. The summed E-state index contributed by atoms with van der Waals surface area (Å²) in [5.74, 6) is 0. The summed E-state index contributed by atoms with van der Waals surface area (Å²) >= 11 is 0. The molecular weight excluding hydrogens is 252 g/mol. The second-order valence-electron chi connectivity index (χ2n) is 5.69. The van der Waals surface area contributed by atoms with Crippen molar-refractivity contribution < 1.29 is 13.2 Å². The van der Waals surface area contributed by atoms with Gasteiger partial charge in [-0.25, -0.2) is 13.1 Å². The Hall–Kier alpha value is -0.170. The van der Waals surface area contributed by atoms with Crippen molar-refractivity contribution in [3.8, 4) is 0 Å². The zero-order valence-electron chi connectivity index (χ0n) is 11.2. The molecule has 0 radical (unpaired) electrons. The maximum atomic E-state index is 11.8. The maximum Gasteiger partial charge on any atom is 0.214 e. The molecule has 1 aliphatic carbocycles. The number of morpholine rings is 1. The molecule has 0 aromatic heterocycles. The van der Waals surface area contributed by atoms with E-state index in [1.807, 2.05) is 0 Å². The normalized spacial score (nSPS) is 34.1. The van der Waals surface area contributed by atoms with E-state index in [9.17, 15) is 8.42 Å².